The van der Waals surface area contributed by atoms with Gasteiger partial charge in [0.1, 0.15) is 11.7 Å². The molecule has 0 radical (unpaired) electrons. The fourth-order valence-corrected chi connectivity index (χ4v) is 2.70. The van der Waals surface area contributed by atoms with E-state index in [1.807, 2.05) is 91.0 Å². The number of para-hydroxylation sites is 3. The van der Waals surface area contributed by atoms with Crippen molar-refractivity contribution in [1.29, 1.82) is 0 Å². The lowest BCUT2D eigenvalue weighted by molar-refractivity contribution is 1.38. The van der Waals surface area contributed by atoms with Crippen LogP contribution in [0.4, 0.5) is 17.1 Å². The molecule has 3 heteroatoms. The molecule has 120 valence electrons. The number of hydrogen-bond donors (Lipinski definition) is 0. The zero-order valence-electron chi connectivity index (χ0n) is 13.7. The highest BCUT2D eigenvalue weighted by atomic mass is 15.3. The number of nitrogens with zero attached hydrogens (tertiary/aromatic N) is 3. The maximum absolute atomic E-state index is 4.78. The van der Waals surface area contributed by atoms with Crippen LogP contribution >= 0.6 is 0 Å². The Kier molecular flexibility index (Phi) is 4.21. The van der Waals surface area contributed by atoms with Gasteiger partial charge in [0.15, 0.2) is 0 Å². The van der Waals surface area contributed by atoms with Gasteiger partial charge in [-0.1, -0.05) is 54.6 Å². The van der Waals surface area contributed by atoms with Crippen LogP contribution in [0, 0.1) is 0 Å². The predicted molar refractivity (Wildman–Crippen MR) is 105 cm³/mol. The van der Waals surface area contributed by atoms with E-state index in [9.17, 15) is 0 Å². The Morgan fingerprint density at radius 1 is 0.480 bits per heavy atom. The quantitative estimate of drug-likeness (QED) is 0.623. The topological polar surface area (TPSA) is 28.0 Å². The van der Waals surface area contributed by atoms with Crippen molar-refractivity contribution in [1.82, 2.24) is 0 Å². The van der Waals surface area contributed by atoms with Crippen molar-refractivity contribution >= 4 is 28.7 Å². The second-order valence-electron chi connectivity index (χ2n) is 5.62. The summed E-state index contributed by atoms with van der Waals surface area (Å²) in [7, 11) is 0. The van der Waals surface area contributed by atoms with E-state index in [4.69, 9.17) is 9.98 Å². The van der Waals surface area contributed by atoms with Gasteiger partial charge in [-0.2, -0.15) is 0 Å². The Labute approximate surface area is 147 Å². The highest BCUT2D eigenvalue weighted by molar-refractivity contribution is 6.32. The average Bonchev–Trinajstić information content (AvgIpc) is 3.06. The summed E-state index contributed by atoms with van der Waals surface area (Å²) in [5, 5.41) is 0. The maximum Gasteiger partial charge on any atom is 0.139 e. The molecule has 1 aliphatic rings. The molecule has 0 aromatic heterocycles. The summed E-state index contributed by atoms with van der Waals surface area (Å²) in [5.41, 5.74) is 2.88. The van der Waals surface area contributed by atoms with Gasteiger partial charge in [-0.25, -0.2) is 9.98 Å². The summed E-state index contributed by atoms with van der Waals surface area (Å²) >= 11 is 0. The van der Waals surface area contributed by atoms with Crippen LogP contribution in [-0.4, -0.2) is 11.7 Å². The van der Waals surface area contributed by atoms with E-state index in [0.29, 0.717) is 0 Å². The van der Waals surface area contributed by atoms with Crippen LogP contribution in [0.2, 0.25) is 0 Å². The van der Waals surface area contributed by atoms with Gasteiger partial charge in [0.05, 0.1) is 11.4 Å². The number of anilines is 1. The number of aliphatic imine (C=N–C) groups is 2. The summed E-state index contributed by atoms with van der Waals surface area (Å²) in [6.45, 7) is 0. The zero-order chi connectivity index (χ0) is 16.9. The Bertz CT molecular complexity index is 867. The van der Waals surface area contributed by atoms with Crippen LogP contribution in [0.3, 0.4) is 0 Å². The van der Waals surface area contributed by atoms with Crippen LogP contribution in [0.15, 0.2) is 113 Å². The first-order valence-corrected chi connectivity index (χ1v) is 8.21. The Balaban J connectivity index is 1.77. The molecular weight excluding hydrogens is 306 g/mol. The minimum absolute atomic E-state index is 0.854. The van der Waals surface area contributed by atoms with Gasteiger partial charge < -0.3 is 0 Å². The summed E-state index contributed by atoms with van der Waals surface area (Å²) in [6, 6.07) is 30.1. The fraction of sp³-hybridized carbons (Fsp3) is 0. The van der Waals surface area contributed by atoms with Gasteiger partial charge in [-0.3, -0.25) is 4.90 Å². The predicted octanol–water partition coefficient (Wildman–Crippen LogP) is 5.52. The number of amidine groups is 2. The van der Waals surface area contributed by atoms with Crippen molar-refractivity contribution < 1.29 is 0 Å². The van der Waals surface area contributed by atoms with Crippen molar-refractivity contribution in [3.63, 3.8) is 0 Å². The molecule has 0 aliphatic carbocycles. The summed E-state index contributed by atoms with van der Waals surface area (Å²) in [5.74, 6) is 1.71. The standard InChI is InChI=1S/C22H17N3/c1-4-10-18(11-5-1)23-21-16-17-22(24-19-12-6-2-7-13-19)25(21)20-14-8-3-9-15-20/h1-17H. The van der Waals surface area contributed by atoms with E-state index in [1.165, 1.54) is 0 Å². The van der Waals surface area contributed by atoms with E-state index in [1.54, 1.807) is 0 Å². The van der Waals surface area contributed by atoms with Crippen LogP contribution in [0.5, 0.6) is 0 Å². The number of rotatable bonds is 3. The molecular formula is C22H17N3. The number of benzene rings is 3. The van der Waals surface area contributed by atoms with Gasteiger partial charge in [-0.05, 0) is 48.6 Å². The van der Waals surface area contributed by atoms with Crippen molar-refractivity contribution in [3.8, 4) is 0 Å². The van der Waals surface area contributed by atoms with Crippen molar-refractivity contribution in [2.45, 2.75) is 0 Å². The first-order valence-electron chi connectivity index (χ1n) is 8.21. The Morgan fingerprint density at radius 2 is 0.880 bits per heavy atom. The Hall–Kier alpha value is -3.46. The summed E-state index contributed by atoms with van der Waals surface area (Å²) < 4.78 is 0. The smallest absolute Gasteiger partial charge is 0.139 e. The van der Waals surface area contributed by atoms with Gasteiger partial charge in [0.2, 0.25) is 0 Å². The third-order valence-electron chi connectivity index (χ3n) is 3.85. The van der Waals surface area contributed by atoms with Crippen molar-refractivity contribution in [2.75, 3.05) is 4.90 Å². The average molecular weight is 323 g/mol. The lowest BCUT2D eigenvalue weighted by Gasteiger charge is -2.20. The van der Waals surface area contributed by atoms with Crippen LogP contribution in [0.25, 0.3) is 0 Å². The molecule has 0 fully saturated rings. The van der Waals surface area contributed by atoms with E-state index in [-0.39, 0.29) is 0 Å². The van der Waals surface area contributed by atoms with Gasteiger partial charge in [0.25, 0.3) is 0 Å². The molecule has 3 nitrogen and oxygen atoms in total. The highest BCUT2D eigenvalue weighted by Gasteiger charge is 2.22. The van der Waals surface area contributed by atoms with Gasteiger partial charge >= 0.3 is 0 Å². The van der Waals surface area contributed by atoms with E-state index in [2.05, 4.69) is 17.0 Å². The molecule has 0 saturated heterocycles. The molecule has 4 rings (SSSR count). The van der Waals surface area contributed by atoms with E-state index >= 15 is 0 Å². The fourth-order valence-electron chi connectivity index (χ4n) is 2.70. The molecule has 25 heavy (non-hydrogen) atoms. The zero-order valence-corrected chi connectivity index (χ0v) is 13.7. The minimum Gasteiger partial charge on any atom is -0.279 e. The molecule has 0 unspecified atom stereocenters. The second kappa shape index (κ2) is 6.97. The second-order valence-corrected chi connectivity index (χ2v) is 5.62. The largest absolute Gasteiger partial charge is 0.279 e. The van der Waals surface area contributed by atoms with E-state index in [0.717, 1.165) is 28.7 Å². The summed E-state index contributed by atoms with van der Waals surface area (Å²) in [4.78, 5) is 11.6. The minimum atomic E-state index is 0.854. The van der Waals surface area contributed by atoms with Gasteiger partial charge in [-0.15, -0.1) is 0 Å². The molecule has 3 aromatic carbocycles. The maximum atomic E-state index is 4.78. The molecule has 0 bridgehead atoms. The molecule has 0 amide bonds. The Morgan fingerprint density at radius 3 is 1.32 bits per heavy atom. The lowest BCUT2D eigenvalue weighted by atomic mass is 10.3. The first kappa shape index (κ1) is 15.1. The van der Waals surface area contributed by atoms with Crippen LogP contribution < -0.4 is 4.90 Å². The first-order chi connectivity index (χ1) is 12.4. The van der Waals surface area contributed by atoms with Crippen LogP contribution in [0.1, 0.15) is 0 Å². The summed E-state index contributed by atoms with van der Waals surface area (Å²) in [6.07, 6.45) is 4.00. The molecule has 1 heterocycles. The van der Waals surface area contributed by atoms with Gasteiger partial charge in [0, 0.05) is 5.69 Å². The third-order valence-corrected chi connectivity index (χ3v) is 3.85. The molecule has 1 aliphatic heterocycles. The van der Waals surface area contributed by atoms with Crippen molar-refractivity contribution in [2.24, 2.45) is 9.98 Å². The number of hydrogen-bond acceptors (Lipinski definition) is 2. The third kappa shape index (κ3) is 3.40. The molecule has 0 N–H and O–H groups in total. The highest BCUT2D eigenvalue weighted by Crippen LogP contribution is 2.24. The molecule has 3 aromatic rings. The molecule has 0 saturated carbocycles. The monoisotopic (exact) mass is 323 g/mol. The SMILES string of the molecule is C1=CC(=Nc2ccccc2)N(c2ccccc2)C1=Nc1ccccc1. The van der Waals surface area contributed by atoms with Crippen molar-refractivity contribution in [3.05, 3.63) is 103 Å². The molecule has 0 spiro atoms. The van der Waals surface area contributed by atoms with E-state index < -0.39 is 0 Å². The lowest BCUT2D eigenvalue weighted by Crippen LogP contribution is -2.29. The normalized spacial score (nSPS) is 16.7. The van der Waals surface area contributed by atoms with Crippen LogP contribution in [-0.2, 0) is 0 Å². The molecule has 0 atom stereocenters.